The normalized spacial score (nSPS) is 11.3. The van der Waals surface area contributed by atoms with Gasteiger partial charge in [0.2, 0.25) is 0 Å². The quantitative estimate of drug-likeness (QED) is 0.0953. The van der Waals surface area contributed by atoms with Gasteiger partial charge in [0.05, 0.1) is 31.3 Å². The SMILES string of the molecule is O=C1CCCO1.OCCCCO.[CH-]=O.[CH2-]CCNCC[PH+](c1ccccc1)c1ccccc1.[Cl][RuH]. The number of benzene rings is 2. The molecule has 1 fully saturated rings. The molecule has 0 amide bonds. The third-order valence-corrected chi connectivity index (χ3v) is 7.31. The van der Waals surface area contributed by atoms with E-state index in [0.717, 1.165) is 38.8 Å². The zero-order chi connectivity index (χ0) is 26.6. The van der Waals surface area contributed by atoms with Gasteiger partial charge in [-0.05, 0) is 50.1 Å². The summed E-state index contributed by atoms with van der Waals surface area (Å²) in [6.07, 6.45) is 5.16. The molecule has 0 aromatic heterocycles. The Hall–Kier alpha value is -1.20. The predicted octanol–water partition coefficient (Wildman–Crippen LogP) is 2.89. The van der Waals surface area contributed by atoms with Gasteiger partial charge in [-0.3, -0.25) is 11.6 Å². The van der Waals surface area contributed by atoms with Crippen molar-refractivity contribution in [3.05, 3.63) is 67.6 Å². The Morgan fingerprint density at radius 3 is 1.74 bits per heavy atom. The summed E-state index contributed by atoms with van der Waals surface area (Å²) in [4.78, 5) is 17.8. The molecule has 2 aromatic carbocycles. The van der Waals surface area contributed by atoms with Crippen LogP contribution in [0.2, 0.25) is 0 Å². The Morgan fingerprint density at radius 1 is 0.943 bits per heavy atom. The molecular formula is C26H40ClNO5PRu-. The monoisotopic (exact) mass is 614 g/mol. The van der Waals surface area contributed by atoms with Gasteiger partial charge in [0.25, 0.3) is 0 Å². The molecule has 0 aliphatic carbocycles. The van der Waals surface area contributed by atoms with Gasteiger partial charge in [-0.25, -0.2) is 0 Å². The molecule has 1 aliphatic rings. The molecule has 35 heavy (non-hydrogen) atoms. The van der Waals surface area contributed by atoms with E-state index >= 15 is 0 Å². The zero-order valence-corrected chi connectivity index (χ0v) is 23.8. The maximum absolute atomic E-state index is 10.0. The van der Waals surface area contributed by atoms with E-state index in [1.807, 2.05) is 0 Å². The van der Waals surface area contributed by atoms with Gasteiger partial charge in [0, 0.05) is 26.2 Å². The number of hydrogen-bond acceptors (Lipinski definition) is 6. The number of aliphatic hydroxyl groups is 2. The first-order chi connectivity index (χ1) is 17.2. The van der Waals surface area contributed by atoms with Gasteiger partial charge in [-0.15, -0.1) is 0 Å². The molecule has 1 heterocycles. The fourth-order valence-corrected chi connectivity index (χ4v) is 5.42. The van der Waals surface area contributed by atoms with Crippen LogP contribution in [-0.2, 0) is 31.6 Å². The Morgan fingerprint density at radius 2 is 1.43 bits per heavy atom. The molecule has 0 saturated carbocycles. The summed E-state index contributed by atoms with van der Waals surface area (Å²) in [6, 6.07) is 21.8. The molecule has 0 bridgehead atoms. The van der Waals surface area contributed by atoms with Crippen LogP contribution in [0.1, 0.15) is 32.1 Å². The number of cyclic esters (lactones) is 1. The van der Waals surface area contributed by atoms with E-state index in [9.17, 15) is 4.79 Å². The number of aliphatic hydroxyl groups excluding tert-OH is 2. The average molecular weight is 614 g/mol. The van der Waals surface area contributed by atoms with Crippen molar-refractivity contribution in [2.45, 2.75) is 32.1 Å². The van der Waals surface area contributed by atoms with Crippen molar-refractivity contribution in [1.29, 1.82) is 0 Å². The Bertz CT molecular complexity index is 649. The second-order valence-electron chi connectivity index (χ2n) is 7.04. The topological polar surface area (TPSA) is 95.9 Å². The molecule has 1 saturated heterocycles. The second-order valence-corrected chi connectivity index (χ2v) is 9.65. The Balaban J connectivity index is 0. The summed E-state index contributed by atoms with van der Waals surface area (Å²) in [6.45, 7) is 10.2. The number of esters is 1. The molecule has 0 unspecified atom stereocenters. The van der Waals surface area contributed by atoms with Crippen LogP contribution in [-0.4, -0.2) is 62.0 Å². The van der Waals surface area contributed by atoms with E-state index in [-0.39, 0.29) is 19.2 Å². The maximum atomic E-state index is 10.0. The molecule has 9 heteroatoms. The molecule has 1 aliphatic heterocycles. The fourth-order valence-electron chi connectivity index (χ4n) is 2.90. The zero-order valence-electron chi connectivity index (χ0n) is 20.2. The van der Waals surface area contributed by atoms with Crippen LogP contribution in [0.25, 0.3) is 0 Å². The van der Waals surface area contributed by atoms with E-state index in [1.54, 1.807) is 17.3 Å². The predicted molar refractivity (Wildman–Crippen MR) is 146 cm³/mol. The molecule has 3 rings (SSSR count). The van der Waals surface area contributed by atoms with Gasteiger partial charge in [0.15, 0.2) is 0 Å². The number of hydrogen-bond donors (Lipinski definition) is 3. The third-order valence-electron chi connectivity index (χ3n) is 4.50. The summed E-state index contributed by atoms with van der Waals surface area (Å²) >= 11 is 1.62. The van der Waals surface area contributed by atoms with Crippen molar-refractivity contribution < 1.29 is 41.9 Å². The Kier molecular flexibility index (Phi) is 29.8. The summed E-state index contributed by atoms with van der Waals surface area (Å²) in [7, 11) is 3.95. The number of carbonyl (C=O) groups excluding carboxylic acids is 2. The molecule has 6 nitrogen and oxygen atoms in total. The molecule has 3 N–H and O–H groups in total. The van der Waals surface area contributed by atoms with Gasteiger partial charge >= 0.3 is 33.0 Å². The minimum absolute atomic E-state index is 0.0463. The van der Waals surface area contributed by atoms with Gasteiger partial charge in [-0.2, -0.15) is 6.42 Å². The number of ether oxygens (including phenoxy) is 1. The first-order valence-corrected chi connectivity index (χ1v) is 15.5. The van der Waals surface area contributed by atoms with E-state index < -0.39 is 7.92 Å². The Labute approximate surface area is 226 Å². The van der Waals surface area contributed by atoms with Crippen molar-refractivity contribution >= 4 is 41.0 Å². The van der Waals surface area contributed by atoms with Crippen LogP contribution in [0.15, 0.2) is 60.7 Å². The second kappa shape index (κ2) is 29.0. The number of halogens is 1. The third kappa shape index (κ3) is 20.7. The van der Waals surface area contributed by atoms with Crippen LogP contribution in [0.4, 0.5) is 0 Å². The van der Waals surface area contributed by atoms with Crippen molar-refractivity contribution in [3.8, 4) is 0 Å². The van der Waals surface area contributed by atoms with E-state index in [4.69, 9.17) is 15.0 Å². The van der Waals surface area contributed by atoms with Crippen molar-refractivity contribution in [2.24, 2.45) is 0 Å². The summed E-state index contributed by atoms with van der Waals surface area (Å²) in [5.74, 6) is -0.0463. The molecule has 200 valence electrons. The number of rotatable bonds is 10. The van der Waals surface area contributed by atoms with Crippen molar-refractivity contribution in [3.63, 3.8) is 0 Å². The summed E-state index contributed by atoms with van der Waals surface area (Å²) in [5, 5.41) is 22.6. The van der Waals surface area contributed by atoms with Crippen LogP contribution in [0, 0.1) is 6.92 Å². The number of unbranched alkanes of at least 4 members (excludes halogenated alkanes) is 1. The van der Waals surface area contributed by atoms with Crippen molar-refractivity contribution in [1.82, 2.24) is 5.32 Å². The van der Waals surface area contributed by atoms with Gasteiger partial charge < -0.3 is 32.0 Å². The van der Waals surface area contributed by atoms with Crippen LogP contribution in [0.5, 0.6) is 0 Å². The fraction of sp³-hybridized carbons (Fsp3) is 0.423. The summed E-state index contributed by atoms with van der Waals surface area (Å²) < 4.78 is 4.51. The molecule has 0 atom stereocenters. The van der Waals surface area contributed by atoms with Gasteiger partial charge in [0.1, 0.15) is 0 Å². The standard InChI is InChI=1S/C17H21NP.C4H6O2.C4H10O2.CHO.ClH.Ru.H/c1-2-13-18-14-15-19(16-9-5-3-6-10-16)17-11-7-4-8-12-17;5-4-2-1-3-6-4;5-3-1-2-4-6;1-2;;;/h3-12,18H,1-2,13-15H2;1-3H2;5-6H,1-4H2;1H;1H;;/q-1;;;-1;;+1;. The molecule has 2 aromatic rings. The molecule has 0 radical (unpaired) electrons. The van der Waals surface area contributed by atoms with Crippen LogP contribution < -0.4 is 15.9 Å². The minimum atomic E-state index is -0.663. The number of nitrogens with one attached hydrogen (secondary N) is 1. The van der Waals surface area contributed by atoms with E-state index in [1.165, 1.54) is 16.8 Å². The van der Waals surface area contributed by atoms with E-state index in [0.29, 0.717) is 13.0 Å². The average Bonchev–Trinajstić information content (AvgIpc) is 3.42. The van der Waals surface area contributed by atoms with Gasteiger partial charge in [-0.1, -0.05) is 36.4 Å². The van der Waals surface area contributed by atoms with Crippen molar-refractivity contribution in [2.75, 3.05) is 39.1 Å². The first kappa shape index (κ1) is 36.0. The molecule has 0 spiro atoms. The number of carbonyl (C=O) groups is 1. The van der Waals surface area contributed by atoms with Crippen LogP contribution >= 0.6 is 17.6 Å². The first-order valence-electron chi connectivity index (χ1n) is 11.4. The van der Waals surface area contributed by atoms with E-state index in [2.05, 4.69) is 94.1 Å². The summed E-state index contributed by atoms with van der Waals surface area (Å²) in [5.41, 5.74) is 0. The molecular weight excluding hydrogens is 574 g/mol. The van der Waals surface area contributed by atoms with Crippen LogP contribution in [0.3, 0.4) is 0 Å².